The maximum Gasteiger partial charge on any atom is 0.208 e. The minimum Gasteiger partial charge on any atom is -0.504 e. The van der Waals surface area contributed by atoms with Crippen LogP contribution in [0.4, 0.5) is 0 Å². The van der Waals surface area contributed by atoms with Crippen LogP contribution in [-0.2, 0) is 16.6 Å². The molecule has 0 heterocycles. The molecule has 96 valence electrons. The molecule has 0 radical (unpaired) electrons. The van der Waals surface area contributed by atoms with Gasteiger partial charge < -0.3 is 15.5 Å². The van der Waals surface area contributed by atoms with Crippen LogP contribution < -0.4 is 10.0 Å². The zero-order valence-corrected chi connectivity index (χ0v) is 10.3. The van der Waals surface area contributed by atoms with Crippen molar-refractivity contribution in [3.63, 3.8) is 0 Å². The van der Waals surface area contributed by atoms with Gasteiger partial charge in [0.2, 0.25) is 10.0 Å². The van der Waals surface area contributed by atoms with Gasteiger partial charge in [-0.1, -0.05) is 6.07 Å². The van der Waals surface area contributed by atoms with Gasteiger partial charge in [-0.25, -0.2) is 13.1 Å². The normalized spacial score (nSPS) is 11.6. The van der Waals surface area contributed by atoms with Crippen molar-refractivity contribution in [3.05, 3.63) is 23.8 Å². The van der Waals surface area contributed by atoms with Gasteiger partial charge in [0.15, 0.2) is 11.5 Å². The summed E-state index contributed by atoms with van der Waals surface area (Å²) in [4.78, 5) is 0. The summed E-state index contributed by atoms with van der Waals surface area (Å²) in [5, 5.41) is 21.3. The van der Waals surface area contributed by atoms with E-state index in [1.165, 1.54) is 12.1 Å². The van der Waals surface area contributed by atoms with E-state index in [2.05, 4.69) is 10.0 Å². The predicted octanol–water partition coefficient (Wildman–Crippen LogP) is -0.263. The van der Waals surface area contributed by atoms with E-state index in [4.69, 9.17) is 5.11 Å². The summed E-state index contributed by atoms with van der Waals surface area (Å²) in [6.45, 7) is 1.27. The van der Waals surface area contributed by atoms with Crippen LogP contribution in [0.25, 0.3) is 0 Å². The fourth-order valence-corrected chi connectivity index (χ4v) is 1.71. The number of phenols is 2. The van der Waals surface area contributed by atoms with E-state index in [0.29, 0.717) is 19.6 Å². The molecule has 0 saturated carbocycles. The van der Waals surface area contributed by atoms with Gasteiger partial charge in [0, 0.05) is 19.6 Å². The first-order valence-electron chi connectivity index (χ1n) is 5.05. The number of aromatic hydroxyl groups is 2. The highest BCUT2D eigenvalue weighted by molar-refractivity contribution is 7.88. The topological polar surface area (TPSA) is 98.7 Å². The number of hydrogen-bond acceptors (Lipinski definition) is 5. The quantitative estimate of drug-likeness (QED) is 0.417. The van der Waals surface area contributed by atoms with Gasteiger partial charge in [0.05, 0.1) is 6.26 Å². The van der Waals surface area contributed by atoms with Crippen molar-refractivity contribution in [2.45, 2.75) is 6.54 Å². The number of rotatable bonds is 6. The lowest BCUT2D eigenvalue weighted by atomic mass is 10.2. The first kappa shape index (κ1) is 13.8. The Balaban J connectivity index is 2.29. The van der Waals surface area contributed by atoms with Crippen LogP contribution in [0.1, 0.15) is 5.56 Å². The molecule has 0 aliphatic carbocycles. The molecule has 0 spiro atoms. The van der Waals surface area contributed by atoms with E-state index in [0.717, 1.165) is 11.8 Å². The molecule has 17 heavy (non-hydrogen) atoms. The summed E-state index contributed by atoms with van der Waals surface area (Å²) in [5.74, 6) is -0.328. The molecule has 0 bridgehead atoms. The van der Waals surface area contributed by atoms with Crippen LogP contribution in [0.2, 0.25) is 0 Å². The molecule has 0 unspecified atom stereocenters. The van der Waals surface area contributed by atoms with Gasteiger partial charge in [0.25, 0.3) is 0 Å². The molecular weight excluding hydrogens is 244 g/mol. The monoisotopic (exact) mass is 260 g/mol. The largest absolute Gasteiger partial charge is 0.504 e. The van der Waals surface area contributed by atoms with E-state index in [9.17, 15) is 13.5 Å². The van der Waals surface area contributed by atoms with Crippen molar-refractivity contribution < 1.29 is 18.6 Å². The summed E-state index contributed by atoms with van der Waals surface area (Å²) < 4.78 is 23.8. The summed E-state index contributed by atoms with van der Waals surface area (Å²) in [6, 6.07) is 4.53. The smallest absolute Gasteiger partial charge is 0.208 e. The first-order chi connectivity index (χ1) is 7.88. The first-order valence-corrected chi connectivity index (χ1v) is 6.94. The second kappa shape index (κ2) is 5.85. The van der Waals surface area contributed by atoms with Crippen LogP contribution in [0.5, 0.6) is 11.5 Å². The second-order valence-corrected chi connectivity index (χ2v) is 5.50. The lowest BCUT2D eigenvalue weighted by Crippen LogP contribution is -2.30. The zero-order chi connectivity index (χ0) is 12.9. The average Bonchev–Trinajstić information content (AvgIpc) is 2.21. The van der Waals surface area contributed by atoms with Crippen molar-refractivity contribution >= 4 is 10.0 Å². The Hall–Kier alpha value is -1.31. The number of hydrogen-bond donors (Lipinski definition) is 4. The Bertz CT molecular complexity index is 473. The van der Waals surface area contributed by atoms with Gasteiger partial charge in [-0.2, -0.15) is 0 Å². The lowest BCUT2D eigenvalue weighted by Gasteiger charge is -2.06. The van der Waals surface area contributed by atoms with E-state index in [1.54, 1.807) is 6.07 Å². The van der Waals surface area contributed by atoms with Gasteiger partial charge in [0.1, 0.15) is 0 Å². The number of nitrogens with one attached hydrogen (secondary N) is 2. The lowest BCUT2D eigenvalue weighted by molar-refractivity contribution is 0.403. The van der Waals surface area contributed by atoms with Gasteiger partial charge in [-0.05, 0) is 17.7 Å². The van der Waals surface area contributed by atoms with Crippen molar-refractivity contribution in [2.75, 3.05) is 19.3 Å². The highest BCUT2D eigenvalue weighted by Gasteiger charge is 2.01. The number of benzene rings is 1. The molecular formula is C10H16N2O4S. The van der Waals surface area contributed by atoms with E-state index < -0.39 is 10.0 Å². The average molecular weight is 260 g/mol. The minimum atomic E-state index is -3.14. The third kappa shape index (κ3) is 5.53. The SMILES string of the molecule is CS(=O)(=O)NCCNCc1ccc(O)c(O)c1. The number of phenolic OH excluding ortho intramolecular Hbond substituents is 2. The molecule has 0 saturated heterocycles. The highest BCUT2D eigenvalue weighted by atomic mass is 32.2. The molecule has 1 aromatic rings. The Morgan fingerprint density at radius 1 is 1.18 bits per heavy atom. The van der Waals surface area contributed by atoms with Crippen LogP contribution in [0, 0.1) is 0 Å². The van der Waals surface area contributed by atoms with Gasteiger partial charge in [-0.15, -0.1) is 0 Å². The molecule has 0 fully saturated rings. The maximum absolute atomic E-state index is 10.7. The summed E-state index contributed by atoms with van der Waals surface area (Å²) in [7, 11) is -3.14. The molecule has 4 N–H and O–H groups in total. The summed E-state index contributed by atoms with van der Waals surface area (Å²) >= 11 is 0. The van der Waals surface area contributed by atoms with Crippen molar-refractivity contribution in [2.24, 2.45) is 0 Å². The molecule has 1 aromatic carbocycles. The van der Waals surface area contributed by atoms with Gasteiger partial charge >= 0.3 is 0 Å². The fourth-order valence-electron chi connectivity index (χ4n) is 1.24. The molecule has 0 aliphatic heterocycles. The van der Waals surface area contributed by atoms with Crippen LogP contribution in [-0.4, -0.2) is 38.0 Å². The van der Waals surface area contributed by atoms with Crippen molar-refractivity contribution in [3.8, 4) is 11.5 Å². The molecule has 1 rings (SSSR count). The Labute approximate surface area is 100 Å². The maximum atomic E-state index is 10.7. The fraction of sp³-hybridized carbons (Fsp3) is 0.400. The molecule has 0 aromatic heterocycles. The number of sulfonamides is 1. The molecule has 7 heteroatoms. The predicted molar refractivity (Wildman–Crippen MR) is 64.3 cm³/mol. The molecule has 0 aliphatic rings. The Morgan fingerprint density at radius 3 is 2.47 bits per heavy atom. The van der Waals surface area contributed by atoms with Crippen LogP contribution >= 0.6 is 0 Å². The third-order valence-electron chi connectivity index (χ3n) is 2.03. The molecule has 6 nitrogen and oxygen atoms in total. The van der Waals surface area contributed by atoms with E-state index >= 15 is 0 Å². The van der Waals surface area contributed by atoms with Gasteiger partial charge in [-0.3, -0.25) is 0 Å². The third-order valence-corrected chi connectivity index (χ3v) is 2.76. The molecule has 0 atom stereocenters. The minimum absolute atomic E-state index is 0.160. The van der Waals surface area contributed by atoms with Crippen molar-refractivity contribution in [1.82, 2.24) is 10.0 Å². The van der Waals surface area contributed by atoms with Crippen molar-refractivity contribution in [1.29, 1.82) is 0 Å². The van der Waals surface area contributed by atoms with Crippen LogP contribution in [0.15, 0.2) is 18.2 Å². The summed E-state index contributed by atoms with van der Waals surface area (Å²) in [5.41, 5.74) is 0.805. The summed E-state index contributed by atoms with van der Waals surface area (Å²) in [6.07, 6.45) is 1.10. The van der Waals surface area contributed by atoms with Crippen LogP contribution in [0.3, 0.4) is 0 Å². The Morgan fingerprint density at radius 2 is 1.88 bits per heavy atom. The molecule has 0 amide bonds. The standard InChI is InChI=1S/C10H16N2O4S/c1-17(15,16)12-5-4-11-7-8-2-3-9(13)10(14)6-8/h2-3,6,11-14H,4-5,7H2,1H3. The Kier molecular flexibility index (Phi) is 4.73. The van der Waals surface area contributed by atoms with E-state index in [1.807, 2.05) is 0 Å². The van der Waals surface area contributed by atoms with E-state index in [-0.39, 0.29) is 11.5 Å². The zero-order valence-electron chi connectivity index (χ0n) is 9.47. The highest BCUT2D eigenvalue weighted by Crippen LogP contribution is 2.24. The second-order valence-electron chi connectivity index (χ2n) is 3.67.